The second-order valence-electron chi connectivity index (χ2n) is 3.06. The highest BCUT2D eigenvalue weighted by molar-refractivity contribution is 7.19. The van der Waals surface area contributed by atoms with Gasteiger partial charge in [0.1, 0.15) is 0 Å². The maximum atomic E-state index is 5.16. The molecule has 0 fully saturated rings. The Morgan fingerprint density at radius 3 is 3.00 bits per heavy atom. The van der Waals surface area contributed by atoms with E-state index >= 15 is 0 Å². The maximum Gasteiger partial charge on any atom is 0.0576 e. The van der Waals surface area contributed by atoms with E-state index in [2.05, 4.69) is 41.6 Å². The van der Waals surface area contributed by atoms with E-state index in [4.69, 9.17) is 6.42 Å². The normalized spacial score (nSPS) is 10.2. The van der Waals surface area contributed by atoms with Gasteiger partial charge in [-0.2, -0.15) is 0 Å². The van der Waals surface area contributed by atoms with Crippen LogP contribution in [0.3, 0.4) is 0 Å². The fourth-order valence-electron chi connectivity index (χ4n) is 1.38. The summed E-state index contributed by atoms with van der Waals surface area (Å²) in [5.74, 6) is 2.57. The summed E-state index contributed by atoms with van der Waals surface area (Å²) in [4.78, 5) is 1.33. The van der Waals surface area contributed by atoms with E-state index in [0.717, 1.165) is 6.54 Å². The molecule has 0 aliphatic rings. The molecule has 0 radical (unpaired) electrons. The lowest BCUT2D eigenvalue weighted by atomic mass is 10.2. The molecule has 1 heterocycles. The van der Waals surface area contributed by atoms with Gasteiger partial charge in [-0.3, -0.25) is 0 Å². The quantitative estimate of drug-likeness (QED) is 0.594. The number of nitrogens with one attached hydrogen (secondary N) is 1. The van der Waals surface area contributed by atoms with Crippen LogP contribution in [0.15, 0.2) is 30.3 Å². The summed E-state index contributed by atoms with van der Waals surface area (Å²) >= 11 is 1.82. The number of thiophene rings is 1. The molecular weight excluding hydrogens is 190 g/mol. The van der Waals surface area contributed by atoms with E-state index in [-0.39, 0.29) is 0 Å². The van der Waals surface area contributed by atoms with Crippen molar-refractivity contribution < 1.29 is 0 Å². The summed E-state index contributed by atoms with van der Waals surface area (Å²) in [6, 6.07) is 10.6. The molecule has 2 aromatic rings. The van der Waals surface area contributed by atoms with Crippen LogP contribution in [0.25, 0.3) is 10.1 Å². The van der Waals surface area contributed by atoms with E-state index in [1.54, 1.807) is 0 Å². The molecule has 70 valence electrons. The number of hydrogen-bond donors (Lipinski definition) is 1. The molecule has 2 heteroatoms. The average molecular weight is 201 g/mol. The van der Waals surface area contributed by atoms with E-state index in [1.165, 1.54) is 15.0 Å². The molecule has 0 atom stereocenters. The number of rotatable bonds is 3. The summed E-state index contributed by atoms with van der Waals surface area (Å²) in [6.45, 7) is 1.50. The molecule has 0 saturated heterocycles. The first-order valence-electron chi connectivity index (χ1n) is 4.52. The fraction of sp³-hybridized carbons (Fsp3) is 0.167. The van der Waals surface area contributed by atoms with Crippen molar-refractivity contribution in [3.8, 4) is 12.3 Å². The van der Waals surface area contributed by atoms with Crippen molar-refractivity contribution in [3.63, 3.8) is 0 Å². The van der Waals surface area contributed by atoms with Gasteiger partial charge in [0, 0.05) is 16.1 Å². The van der Waals surface area contributed by atoms with Gasteiger partial charge >= 0.3 is 0 Å². The third kappa shape index (κ3) is 1.95. The van der Waals surface area contributed by atoms with Crippen molar-refractivity contribution in [2.24, 2.45) is 0 Å². The van der Waals surface area contributed by atoms with Crippen molar-refractivity contribution in [2.45, 2.75) is 6.54 Å². The summed E-state index contributed by atoms with van der Waals surface area (Å²) < 4.78 is 1.34. The molecule has 2 rings (SSSR count). The van der Waals surface area contributed by atoms with Crippen molar-refractivity contribution in [3.05, 3.63) is 35.2 Å². The van der Waals surface area contributed by atoms with Crippen LogP contribution >= 0.6 is 11.3 Å². The number of fused-ring (bicyclic) bond motifs is 1. The average Bonchev–Trinajstić information content (AvgIpc) is 2.60. The topological polar surface area (TPSA) is 12.0 Å². The highest BCUT2D eigenvalue weighted by Crippen LogP contribution is 2.24. The van der Waals surface area contributed by atoms with Crippen molar-refractivity contribution >= 4 is 21.4 Å². The van der Waals surface area contributed by atoms with Crippen molar-refractivity contribution in [1.29, 1.82) is 0 Å². The summed E-state index contributed by atoms with van der Waals surface area (Å²) in [6.07, 6.45) is 5.16. The van der Waals surface area contributed by atoms with Crippen molar-refractivity contribution in [2.75, 3.05) is 6.54 Å². The monoisotopic (exact) mass is 201 g/mol. The number of benzene rings is 1. The summed E-state index contributed by atoms with van der Waals surface area (Å²) in [5, 5.41) is 4.50. The molecule has 0 spiro atoms. The Balaban J connectivity index is 2.15. The second-order valence-corrected chi connectivity index (χ2v) is 4.23. The number of hydrogen-bond acceptors (Lipinski definition) is 2. The molecule has 1 aromatic heterocycles. The zero-order valence-corrected chi connectivity index (χ0v) is 8.60. The van der Waals surface area contributed by atoms with Crippen LogP contribution in [0.1, 0.15) is 4.88 Å². The predicted octanol–water partition coefficient (Wildman–Crippen LogP) is 2.62. The van der Waals surface area contributed by atoms with Crippen LogP contribution < -0.4 is 5.32 Å². The lowest BCUT2D eigenvalue weighted by Crippen LogP contribution is -2.11. The predicted molar refractivity (Wildman–Crippen MR) is 62.4 cm³/mol. The SMILES string of the molecule is C#CCNCc1cc2ccccc2s1. The van der Waals surface area contributed by atoms with Crippen LogP contribution in [0.2, 0.25) is 0 Å². The third-order valence-corrected chi connectivity index (χ3v) is 3.12. The van der Waals surface area contributed by atoms with E-state index < -0.39 is 0 Å². The molecule has 0 amide bonds. The van der Waals surface area contributed by atoms with Gasteiger partial charge in [-0.15, -0.1) is 17.8 Å². The number of terminal acetylenes is 1. The standard InChI is InChI=1S/C12H11NS/c1-2-7-13-9-11-8-10-5-3-4-6-12(10)14-11/h1,3-6,8,13H,7,9H2. The molecule has 1 N–H and O–H groups in total. The molecule has 0 aliphatic heterocycles. The van der Waals surface area contributed by atoms with E-state index in [1.807, 2.05) is 11.3 Å². The van der Waals surface area contributed by atoms with Gasteiger partial charge < -0.3 is 5.32 Å². The van der Waals surface area contributed by atoms with Crippen LogP contribution in [0.5, 0.6) is 0 Å². The molecule has 14 heavy (non-hydrogen) atoms. The van der Waals surface area contributed by atoms with Gasteiger partial charge in [-0.05, 0) is 17.5 Å². The Bertz CT molecular complexity index is 431. The lowest BCUT2D eigenvalue weighted by molar-refractivity contribution is 0.781. The Hall–Kier alpha value is -1.30. The van der Waals surface area contributed by atoms with Crippen LogP contribution in [0.4, 0.5) is 0 Å². The minimum Gasteiger partial charge on any atom is -0.301 e. The van der Waals surface area contributed by atoms with Gasteiger partial charge in [-0.1, -0.05) is 24.1 Å². The Labute approximate surface area is 87.8 Å². The fourth-order valence-corrected chi connectivity index (χ4v) is 2.42. The lowest BCUT2D eigenvalue weighted by Gasteiger charge is -1.94. The third-order valence-electron chi connectivity index (χ3n) is 2.00. The maximum absolute atomic E-state index is 5.16. The minimum absolute atomic E-state index is 0.633. The second kappa shape index (κ2) is 4.28. The molecular formula is C12H11NS. The smallest absolute Gasteiger partial charge is 0.0576 e. The Morgan fingerprint density at radius 2 is 2.21 bits per heavy atom. The van der Waals surface area contributed by atoms with Gasteiger partial charge in [0.15, 0.2) is 0 Å². The Kier molecular flexibility index (Phi) is 2.83. The van der Waals surface area contributed by atoms with E-state index in [9.17, 15) is 0 Å². The first-order chi connectivity index (χ1) is 6.90. The van der Waals surface area contributed by atoms with Gasteiger partial charge in [-0.25, -0.2) is 0 Å². The van der Waals surface area contributed by atoms with Crippen molar-refractivity contribution in [1.82, 2.24) is 5.32 Å². The minimum atomic E-state index is 0.633. The molecule has 0 saturated carbocycles. The zero-order valence-electron chi connectivity index (χ0n) is 7.79. The highest BCUT2D eigenvalue weighted by Gasteiger charge is 1.99. The van der Waals surface area contributed by atoms with Gasteiger partial charge in [0.25, 0.3) is 0 Å². The molecule has 0 unspecified atom stereocenters. The van der Waals surface area contributed by atoms with E-state index in [0.29, 0.717) is 6.54 Å². The first kappa shape index (κ1) is 9.26. The molecule has 0 bridgehead atoms. The zero-order chi connectivity index (χ0) is 9.80. The van der Waals surface area contributed by atoms with Crippen LogP contribution in [0, 0.1) is 12.3 Å². The molecule has 1 aromatic carbocycles. The van der Waals surface area contributed by atoms with Crippen LogP contribution in [-0.2, 0) is 6.54 Å². The largest absolute Gasteiger partial charge is 0.301 e. The van der Waals surface area contributed by atoms with Gasteiger partial charge in [0.2, 0.25) is 0 Å². The molecule has 1 nitrogen and oxygen atoms in total. The first-order valence-corrected chi connectivity index (χ1v) is 5.33. The summed E-state index contributed by atoms with van der Waals surface area (Å²) in [5.41, 5.74) is 0. The Morgan fingerprint density at radius 1 is 1.36 bits per heavy atom. The molecule has 0 aliphatic carbocycles. The van der Waals surface area contributed by atoms with Crippen LogP contribution in [-0.4, -0.2) is 6.54 Å². The summed E-state index contributed by atoms with van der Waals surface area (Å²) in [7, 11) is 0. The highest BCUT2D eigenvalue weighted by atomic mass is 32.1. The van der Waals surface area contributed by atoms with Gasteiger partial charge in [0.05, 0.1) is 6.54 Å².